The van der Waals surface area contributed by atoms with E-state index in [0.29, 0.717) is 5.56 Å². The number of unbranched alkanes of at least 4 members (excludes halogenated alkanes) is 1. The minimum absolute atomic E-state index is 0.627. The van der Waals surface area contributed by atoms with Gasteiger partial charge in [0.25, 0.3) is 0 Å². The Morgan fingerprint density at radius 2 is 2.07 bits per heavy atom. The first-order chi connectivity index (χ1) is 7.19. The Morgan fingerprint density at radius 1 is 1.33 bits per heavy atom. The third-order valence-corrected chi connectivity index (χ3v) is 3.08. The third kappa shape index (κ3) is 3.21. The monoisotopic (exact) mass is 221 g/mol. The summed E-state index contributed by atoms with van der Waals surface area (Å²) in [5.74, 6) is 1.76. The smallest absolute Gasteiger partial charge is 0.126 e. The highest BCUT2D eigenvalue weighted by Crippen LogP contribution is 2.22. The zero-order valence-electron chi connectivity index (χ0n) is 9.37. The van der Waals surface area contributed by atoms with Crippen molar-refractivity contribution in [3.8, 4) is 6.07 Å². The van der Waals surface area contributed by atoms with Crippen molar-refractivity contribution in [3.05, 3.63) is 17.1 Å². The van der Waals surface area contributed by atoms with E-state index in [1.54, 1.807) is 11.8 Å². The molecule has 1 aromatic heterocycles. The maximum Gasteiger partial charge on any atom is 0.126 e. The molecule has 0 spiro atoms. The van der Waals surface area contributed by atoms with Gasteiger partial charge < -0.3 is 0 Å². The standard InChI is InChI=1S/C11H15N3S/c1-4-5-6-15-11-10(7-12)8(2)13-9(3)14-11/h4-6H2,1-3H3. The maximum atomic E-state index is 9.00. The van der Waals surface area contributed by atoms with Crippen molar-refractivity contribution in [1.82, 2.24) is 9.97 Å². The summed E-state index contributed by atoms with van der Waals surface area (Å²) in [6.07, 6.45) is 2.32. The van der Waals surface area contributed by atoms with E-state index in [-0.39, 0.29) is 0 Å². The van der Waals surface area contributed by atoms with E-state index in [9.17, 15) is 0 Å². The maximum absolute atomic E-state index is 9.00. The Labute approximate surface area is 94.9 Å². The Bertz CT molecular complexity index is 382. The first kappa shape index (κ1) is 12.0. The van der Waals surface area contributed by atoms with Gasteiger partial charge in [-0.3, -0.25) is 0 Å². The van der Waals surface area contributed by atoms with Crippen LogP contribution in [-0.4, -0.2) is 15.7 Å². The van der Waals surface area contributed by atoms with Crippen LogP contribution in [0.3, 0.4) is 0 Å². The van der Waals surface area contributed by atoms with Crippen molar-refractivity contribution in [2.24, 2.45) is 0 Å². The Hall–Kier alpha value is -1.08. The van der Waals surface area contributed by atoms with Gasteiger partial charge in [0.15, 0.2) is 0 Å². The molecule has 80 valence electrons. The average molecular weight is 221 g/mol. The van der Waals surface area contributed by atoms with Gasteiger partial charge in [-0.05, 0) is 26.0 Å². The number of hydrogen-bond donors (Lipinski definition) is 0. The summed E-state index contributed by atoms with van der Waals surface area (Å²) in [5, 5.41) is 9.83. The van der Waals surface area contributed by atoms with Crippen LogP contribution in [0.25, 0.3) is 0 Å². The molecule has 0 aromatic carbocycles. The summed E-state index contributed by atoms with van der Waals surface area (Å²) in [6, 6.07) is 2.17. The molecule has 1 aromatic rings. The predicted molar refractivity (Wildman–Crippen MR) is 61.9 cm³/mol. The van der Waals surface area contributed by atoms with Crippen LogP contribution >= 0.6 is 11.8 Å². The molecule has 0 N–H and O–H groups in total. The Balaban J connectivity index is 2.90. The zero-order chi connectivity index (χ0) is 11.3. The van der Waals surface area contributed by atoms with Crippen molar-refractivity contribution < 1.29 is 0 Å². The molecule has 3 nitrogen and oxygen atoms in total. The van der Waals surface area contributed by atoms with Crippen molar-refractivity contribution in [1.29, 1.82) is 5.26 Å². The molecule has 15 heavy (non-hydrogen) atoms. The van der Waals surface area contributed by atoms with Crippen molar-refractivity contribution in [3.63, 3.8) is 0 Å². The van der Waals surface area contributed by atoms with E-state index in [4.69, 9.17) is 5.26 Å². The Kier molecular flexibility index (Phi) is 4.57. The third-order valence-electron chi connectivity index (χ3n) is 2.02. The van der Waals surface area contributed by atoms with E-state index in [2.05, 4.69) is 23.0 Å². The van der Waals surface area contributed by atoms with Crippen LogP contribution < -0.4 is 0 Å². The predicted octanol–water partition coefficient (Wildman–Crippen LogP) is 2.86. The van der Waals surface area contributed by atoms with Gasteiger partial charge in [0, 0.05) is 0 Å². The highest BCUT2D eigenvalue weighted by atomic mass is 32.2. The fourth-order valence-electron chi connectivity index (χ4n) is 1.23. The largest absolute Gasteiger partial charge is 0.237 e. The molecule has 0 radical (unpaired) electrons. The first-order valence-corrected chi connectivity index (χ1v) is 6.05. The van der Waals surface area contributed by atoms with Gasteiger partial charge in [-0.25, -0.2) is 9.97 Å². The van der Waals surface area contributed by atoms with Gasteiger partial charge in [-0.15, -0.1) is 11.8 Å². The highest BCUT2D eigenvalue weighted by molar-refractivity contribution is 7.99. The lowest BCUT2D eigenvalue weighted by Crippen LogP contribution is -1.99. The van der Waals surface area contributed by atoms with Gasteiger partial charge in [0.2, 0.25) is 0 Å². The van der Waals surface area contributed by atoms with Crippen LogP contribution in [0.2, 0.25) is 0 Å². The number of aryl methyl sites for hydroxylation is 2. The van der Waals surface area contributed by atoms with Crippen LogP contribution in [-0.2, 0) is 0 Å². The molecule has 0 atom stereocenters. The van der Waals surface area contributed by atoms with E-state index in [0.717, 1.165) is 35.1 Å². The molecule has 0 unspecified atom stereocenters. The molecular weight excluding hydrogens is 206 g/mol. The van der Waals surface area contributed by atoms with E-state index < -0.39 is 0 Å². The molecule has 0 aliphatic heterocycles. The molecule has 4 heteroatoms. The fourth-order valence-corrected chi connectivity index (χ4v) is 2.39. The minimum Gasteiger partial charge on any atom is -0.237 e. The number of aromatic nitrogens is 2. The molecule has 0 amide bonds. The number of rotatable bonds is 4. The van der Waals surface area contributed by atoms with E-state index in [1.807, 2.05) is 13.8 Å². The lowest BCUT2D eigenvalue weighted by molar-refractivity contribution is 0.887. The van der Waals surface area contributed by atoms with E-state index in [1.165, 1.54) is 0 Å². The first-order valence-electron chi connectivity index (χ1n) is 5.07. The number of hydrogen-bond acceptors (Lipinski definition) is 4. The summed E-state index contributed by atoms with van der Waals surface area (Å²) in [6.45, 7) is 5.87. The number of nitrogens with zero attached hydrogens (tertiary/aromatic N) is 3. The summed E-state index contributed by atoms with van der Waals surface area (Å²) in [4.78, 5) is 8.49. The SMILES string of the molecule is CCCCSc1nc(C)nc(C)c1C#N. The average Bonchev–Trinajstić information content (AvgIpc) is 2.17. The van der Waals surface area contributed by atoms with Gasteiger partial charge in [-0.1, -0.05) is 13.3 Å². The van der Waals surface area contributed by atoms with E-state index >= 15 is 0 Å². The van der Waals surface area contributed by atoms with Crippen molar-refractivity contribution in [2.45, 2.75) is 38.6 Å². The Morgan fingerprint density at radius 3 is 2.67 bits per heavy atom. The number of nitriles is 1. The van der Waals surface area contributed by atoms with Gasteiger partial charge in [0.1, 0.15) is 22.5 Å². The van der Waals surface area contributed by atoms with Crippen LogP contribution in [0, 0.1) is 25.2 Å². The molecular formula is C11H15N3S. The van der Waals surface area contributed by atoms with Crippen molar-refractivity contribution >= 4 is 11.8 Å². The summed E-state index contributed by atoms with van der Waals surface area (Å²) in [7, 11) is 0. The van der Waals surface area contributed by atoms with Gasteiger partial charge in [-0.2, -0.15) is 5.26 Å². The molecule has 0 bridgehead atoms. The second kappa shape index (κ2) is 5.72. The normalized spacial score (nSPS) is 10.0. The van der Waals surface area contributed by atoms with Crippen LogP contribution in [0.15, 0.2) is 5.03 Å². The molecule has 0 fully saturated rings. The lowest BCUT2D eigenvalue weighted by Gasteiger charge is -2.05. The quantitative estimate of drug-likeness (QED) is 0.445. The van der Waals surface area contributed by atoms with Gasteiger partial charge >= 0.3 is 0 Å². The molecule has 1 heterocycles. The van der Waals surface area contributed by atoms with Crippen LogP contribution in [0.1, 0.15) is 36.8 Å². The number of thioether (sulfide) groups is 1. The van der Waals surface area contributed by atoms with Crippen LogP contribution in [0.5, 0.6) is 0 Å². The zero-order valence-corrected chi connectivity index (χ0v) is 10.2. The van der Waals surface area contributed by atoms with Crippen molar-refractivity contribution in [2.75, 3.05) is 5.75 Å². The fraction of sp³-hybridized carbons (Fsp3) is 0.545. The van der Waals surface area contributed by atoms with Crippen LogP contribution in [0.4, 0.5) is 0 Å². The van der Waals surface area contributed by atoms with Gasteiger partial charge in [0.05, 0.1) is 5.69 Å². The lowest BCUT2D eigenvalue weighted by atomic mass is 10.3. The molecule has 0 aliphatic carbocycles. The second-order valence-corrected chi connectivity index (χ2v) is 4.43. The molecule has 0 saturated heterocycles. The summed E-state index contributed by atoms with van der Waals surface area (Å²) < 4.78 is 0. The highest BCUT2D eigenvalue weighted by Gasteiger charge is 2.09. The summed E-state index contributed by atoms with van der Waals surface area (Å²) in [5.41, 5.74) is 1.41. The molecule has 0 aliphatic rings. The molecule has 1 rings (SSSR count). The second-order valence-electron chi connectivity index (χ2n) is 3.35. The summed E-state index contributed by atoms with van der Waals surface area (Å²) >= 11 is 1.65. The molecule has 0 saturated carbocycles. The minimum atomic E-state index is 0.627. The topological polar surface area (TPSA) is 49.6 Å².